The van der Waals surface area contributed by atoms with Crippen molar-refractivity contribution in [3.05, 3.63) is 5.82 Å². The highest BCUT2D eigenvalue weighted by atomic mass is 16.6. The van der Waals surface area contributed by atoms with E-state index >= 15 is 0 Å². The summed E-state index contributed by atoms with van der Waals surface area (Å²) in [6.07, 6.45) is -0.611. The SMILES string of the molecule is CC[C@H](C)[C@H](NC(=O)OC(C)(C)C)C(=O)NCC(=O)N1CC(OC(=O)CC(C)(C)C)CC1C(=O)NCc1nn[nH]n1. The van der Waals surface area contributed by atoms with Gasteiger partial charge in [-0.3, -0.25) is 19.2 Å². The summed E-state index contributed by atoms with van der Waals surface area (Å²) in [5, 5.41) is 21.1. The van der Waals surface area contributed by atoms with E-state index < -0.39 is 60.1 Å². The summed E-state index contributed by atoms with van der Waals surface area (Å²) in [5.74, 6) is -2.03. The maximum atomic E-state index is 13.3. The fourth-order valence-electron chi connectivity index (χ4n) is 4.12. The van der Waals surface area contributed by atoms with E-state index in [1.807, 2.05) is 27.7 Å². The number of rotatable bonds is 11. The average molecular weight is 581 g/mol. The van der Waals surface area contributed by atoms with Crippen molar-refractivity contribution in [3.63, 3.8) is 0 Å². The molecule has 1 aromatic rings. The Balaban J connectivity index is 2.09. The molecule has 2 unspecified atom stereocenters. The van der Waals surface area contributed by atoms with Crippen molar-refractivity contribution in [2.45, 2.75) is 105 Å². The second kappa shape index (κ2) is 14.2. The number of hydrogen-bond donors (Lipinski definition) is 4. The lowest BCUT2D eigenvalue weighted by Gasteiger charge is -2.27. The van der Waals surface area contributed by atoms with Crippen molar-refractivity contribution in [1.29, 1.82) is 0 Å². The van der Waals surface area contributed by atoms with Gasteiger partial charge in [-0.15, -0.1) is 10.2 Å². The molecule has 0 aliphatic carbocycles. The number of H-pyrrole nitrogens is 1. The first-order valence-electron chi connectivity index (χ1n) is 13.7. The first-order chi connectivity index (χ1) is 19.0. The quantitative estimate of drug-likeness (QED) is 0.272. The molecule has 41 heavy (non-hydrogen) atoms. The van der Waals surface area contributed by atoms with Crippen LogP contribution in [0.25, 0.3) is 0 Å². The van der Waals surface area contributed by atoms with Crippen molar-refractivity contribution in [2.24, 2.45) is 11.3 Å². The van der Waals surface area contributed by atoms with E-state index in [-0.39, 0.29) is 43.1 Å². The van der Waals surface area contributed by atoms with Crippen LogP contribution < -0.4 is 16.0 Å². The van der Waals surface area contributed by atoms with Crippen LogP contribution in [-0.2, 0) is 35.2 Å². The van der Waals surface area contributed by atoms with Crippen molar-refractivity contribution >= 4 is 29.8 Å². The normalized spacial score (nSPS) is 18.7. The molecule has 15 heteroatoms. The van der Waals surface area contributed by atoms with Crippen molar-refractivity contribution in [2.75, 3.05) is 13.1 Å². The number of carbonyl (C=O) groups excluding carboxylic acids is 5. The number of hydrogen-bond acceptors (Lipinski definition) is 10. The molecule has 0 aromatic carbocycles. The molecule has 0 radical (unpaired) electrons. The van der Waals surface area contributed by atoms with Crippen LogP contribution in [0.15, 0.2) is 0 Å². The third-order valence-electron chi connectivity index (χ3n) is 6.25. The van der Waals surface area contributed by atoms with E-state index in [4.69, 9.17) is 9.47 Å². The molecule has 1 aromatic heterocycles. The van der Waals surface area contributed by atoms with Gasteiger partial charge in [0.25, 0.3) is 0 Å². The molecule has 4 N–H and O–H groups in total. The van der Waals surface area contributed by atoms with Crippen LogP contribution in [0.5, 0.6) is 0 Å². The number of aromatic amines is 1. The topological polar surface area (TPSA) is 198 Å². The van der Waals surface area contributed by atoms with Gasteiger partial charge in [0.15, 0.2) is 5.82 Å². The lowest BCUT2D eigenvalue weighted by molar-refractivity contribution is -0.151. The minimum Gasteiger partial charge on any atom is -0.460 e. The van der Waals surface area contributed by atoms with E-state index in [2.05, 4.69) is 36.6 Å². The Morgan fingerprint density at radius 3 is 2.34 bits per heavy atom. The third-order valence-corrected chi connectivity index (χ3v) is 6.25. The predicted octanol–water partition coefficient (Wildman–Crippen LogP) is 0.820. The van der Waals surface area contributed by atoms with Gasteiger partial charge in [-0.25, -0.2) is 4.79 Å². The van der Waals surface area contributed by atoms with Crippen molar-refractivity contribution < 1.29 is 33.4 Å². The fraction of sp³-hybridized carbons (Fsp3) is 0.769. The zero-order valence-corrected chi connectivity index (χ0v) is 25.2. The molecule has 1 aliphatic rings. The number of alkyl carbamates (subject to hydrolysis) is 1. The average Bonchev–Trinajstić information content (AvgIpc) is 3.51. The first-order valence-corrected chi connectivity index (χ1v) is 13.7. The van der Waals surface area contributed by atoms with Crippen LogP contribution in [0, 0.1) is 11.3 Å². The standard InChI is InChI=1S/C26H44N8O7/c1-9-15(2)21(29-24(39)41-26(6,7)8)23(38)28-13-19(35)34-14-16(40-20(36)11-25(3,4)5)10-17(34)22(37)27-12-18-30-32-33-31-18/h15-17,21H,9-14H2,1-8H3,(H,27,37)(H,28,38)(H,29,39)(H,30,31,32,33)/t15-,16?,17?,21-/m0/s1. The molecule has 0 spiro atoms. The van der Waals surface area contributed by atoms with Crippen LogP contribution in [-0.4, -0.2) is 92.2 Å². The highest BCUT2D eigenvalue weighted by molar-refractivity contribution is 5.92. The molecular formula is C26H44N8O7. The first kappa shape index (κ1) is 33.4. The Labute approximate surface area is 240 Å². The number of ether oxygens (including phenoxy) is 2. The summed E-state index contributed by atoms with van der Waals surface area (Å²) in [7, 11) is 0. The number of nitrogens with zero attached hydrogens (tertiary/aromatic N) is 4. The number of nitrogens with one attached hydrogen (secondary N) is 4. The Morgan fingerprint density at radius 2 is 1.78 bits per heavy atom. The number of amides is 4. The molecule has 2 rings (SSSR count). The Bertz CT molecular complexity index is 1060. The minimum absolute atomic E-state index is 0.0180. The van der Waals surface area contributed by atoms with Gasteiger partial charge in [0.1, 0.15) is 23.8 Å². The Kier molecular flexibility index (Phi) is 11.6. The monoisotopic (exact) mass is 580 g/mol. The number of esters is 1. The van der Waals surface area contributed by atoms with Crippen LogP contribution >= 0.6 is 0 Å². The molecule has 1 aliphatic heterocycles. The van der Waals surface area contributed by atoms with Gasteiger partial charge in [0.2, 0.25) is 17.7 Å². The summed E-state index contributed by atoms with van der Waals surface area (Å²) in [4.78, 5) is 65.4. The lowest BCUT2D eigenvalue weighted by Crippen LogP contribution is -2.54. The minimum atomic E-state index is -0.955. The molecule has 4 atom stereocenters. The molecule has 0 saturated carbocycles. The number of tetrazole rings is 1. The van der Waals surface area contributed by atoms with Gasteiger partial charge in [0, 0.05) is 6.42 Å². The Hall–Kier alpha value is -3.78. The Morgan fingerprint density at radius 1 is 1.10 bits per heavy atom. The number of aromatic nitrogens is 4. The summed E-state index contributed by atoms with van der Waals surface area (Å²) >= 11 is 0. The highest BCUT2D eigenvalue weighted by Gasteiger charge is 2.42. The molecule has 1 saturated heterocycles. The van der Waals surface area contributed by atoms with Crippen LogP contribution in [0.1, 0.15) is 80.5 Å². The fourth-order valence-corrected chi connectivity index (χ4v) is 4.12. The largest absolute Gasteiger partial charge is 0.460 e. The van der Waals surface area contributed by atoms with Gasteiger partial charge >= 0.3 is 12.1 Å². The maximum absolute atomic E-state index is 13.3. The molecule has 4 amide bonds. The second-order valence-electron chi connectivity index (χ2n) is 12.4. The highest BCUT2D eigenvalue weighted by Crippen LogP contribution is 2.24. The lowest BCUT2D eigenvalue weighted by atomic mass is 9.92. The maximum Gasteiger partial charge on any atom is 0.408 e. The van der Waals surface area contributed by atoms with E-state index in [1.165, 1.54) is 4.90 Å². The van der Waals surface area contributed by atoms with Crippen molar-refractivity contribution in [1.82, 2.24) is 41.5 Å². The van der Waals surface area contributed by atoms with Gasteiger partial charge in [-0.2, -0.15) is 5.21 Å². The molecule has 0 bridgehead atoms. The number of carbonyl (C=O) groups is 5. The molecule has 1 fully saturated rings. The van der Waals surface area contributed by atoms with E-state index in [0.29, 0.717) is 6.42 Å². The summed E-state index contributed by atoms with van der Waals surface area (Å²) in [5.41, 5.74) is -1.05. The van der Waals surface area contributed by atoms with Gasteiger partial charge in [-0.1, -0.05) is 46.3 Å². The van der Waals surface area contributed by atoms with Gasteiger partial charge in [-0.05, 0) is 32.1 Å². The predicted molar refractivity (Wildman–Crippen MR) is 146 cm³/mol. The third kappa shape index (κ3) is 11.3. The zero-order valence-electron chi connectivity index (χ0n) is 25.2. The van der Waals surface area contributed by atoms with E-state index in [0.717, 1.165) is 0 Å². The molecular weight excluding hydrogens is 536 g/mol. The smallest absolute Gasteiger partial charge is 0.408 e. The van der Waals surface area contributed by atoms with Gasteiger partial charge in [0.05, 0.1) is 26.1 Å². The van der Waals surface area contributed by atoms with Crippen LogP contribution in [0.4, 0.5) is 4.79 Å². The molecule has 2 heterocycles. The summed E-state index contributed by atoms with van der Waals surface area (Å²) in [6.45, 7) is 14.0. The van der Waals surface area contributed by atoms with Crippen LogP contribution in [0.2, 0.25) is 0 Å². The second-order valence-corrected chi connectivity index (χ2v) is 12.4. The van der Waals surface area contributed by atoms with Crippen LogP contribution in [0.3, 0.4) is 0 Å². The summed E-state index contributed by atoms with van der Waals surface area (Å²) < 4.78 is 10.9. The van der Waals surface area contributed by atoms with Crippen molar-refractivity contribution in [3.8, 4) is 0 Å². The zero-order chi connectivity index (χ0) is 31.0. The van der Waals surface area contributed by atoms with E-state index in [1.54, 1.807) is 27.7 Å². The molecule has 230 valence electrons. The van der Waals surface area contributed by atoms with Gasteiger partial charge < -0.3 is 30.3 Å². The molecule has 15 nitrogen and oxygen atoms in total. The number of likely N-dealkylation sites (tertiary alicyclic amines) is 1. The summed E-state index contributed by atoms with van der Waals surface area (Å²) in [6, 6.07) is -1.90. The van der Waals surface area contributed by atoms with E-state index in [9.17, 15) is 24.0 Å².